The molecule has 0 unspecified atom stereocenters. The summed E-state index contributed by atoms with van der Waals surface area (Å²) < 4.78 is 11.3. The third-order valence-electron chi connectivity index (χ3n) is 2.45. The van der Waals surface area contributed by atoms with Gasteiger partial charge in [0.15, 0.2) is 6.29 Å². The Balaban J connectivity index is 1.99. The van der Waals surface area contributed by atoms with E-state index in [0.29, 0.717) is 6.61 Å². The number of fused-ring (bicyclic) bond motifs is 1. The topological polar surface area (TPSA) is 18.5 Å². The highest BCUT2D eigenvalue weighted by molar-refractivity contribution is 5.33. The standard InChI is InChI=1S/C12H16O2/c1-2-3-8-12-13-9-10-6-4-5-7-11(10)14-12/h4-7,12H,2-3,8-9H2,1H3/t12-/m0/s1. The molecule has 0 aromatic heterocycles. The van der Waals surface area contributed by atoms with E-state index in [1.54, 1.807) is 0 Å². The lowest BCUT2D eigenvalue weighted by atomic mass is 10.2. The van der Waals surface area contributed by atoms with E-state index in [-0.39, 0.29) is 6.29 Å². The van der Waals surface area contributed by atoms with Gasteiger partial charge in [-0.15, -0.1) is 0 Å². The number of unbranched alkanes of at least 4 members (excludes halogenated alkanes) is 1. The van der Waals surface area contributed by atoms with Crippen LogP contribution in [0, 0.1) is 0 Å². The molecule has 0 bridgehead atoms. The first-order valence-corrected chi connectivity index (χ1v) is 5.26. The van der Waals surface area contributed by atoms with Crippen LogP contribution in [0.3, 0.4) is 0 Å². The molecule has 0 spiro atoms. The van der Waals surface area contributed by atoms with Gasteiger partial charge in [-0.2, -0.15) is 0 Å². The van der Waals surface area contributed by atoms with Crippen LogP contribution in [0.5, 0.6) is 5.75 Å². The SMILES string of the molecule is CCCC[C@H]1OCc2ccccc2O1. The molecule has 1 aliphatic heterocycles. The Morgan fingerprint density at radius 1 is 1.36 bits per heavy atom. The lowest BCUT2D eigenvalue weighted by molar-refractivity contribution is -0.112. The van der Waals surface area contributed by atoms with Crippen LogP contribution in [-0.2, 0) is 11.3 Å². The van der Waals surface area contributed by atoms with Gasteiger partial charge in [-0.25, -0.2) is 0 Å². The van der Waals surface area contributed by atoms with E-state index in [1.807, 2.05) is 24.3 Å². The minimum atomic E-state index is -0.0372. The van der Waals surface area contributed by atoms with Crippen LogP contribution in [-0.4, -0.2) is 6.29 Å². The summed E-state index contributed by atoms with van der Waals surface area (Å²) in [6.45, 7) is 2.86. The van der Waals surface area contributed by atoms with Crippen LogP contribution < -0.4 is 4.74 Å². The molecule has 0 saturated carbocycles. The highest BCUT2D eigenvalue weighted by atomic mass is 16.7. The average molecular weight is 192 g/mol. The Kier molecular flexibility index (Phi) is 3.04. The summed E-state index contributed by atoms with van der Waals surface area (Å²) in [4.78, 5) is 0. The normalized spacial score (nSPS) is 19.9. The van der Waals surface area contributed by atoms with Crippen LogP contribution in [0.25, 0.3) is 0 Å². The molecule has 2 rings (SSSR count). The van der Waals surface area contributed by atoms with E-state index >= 15 is 0 Å². The van der Waals surface area contributed by atoms with Crippen molar-refractivity contribution in [3.05, 3.63) is 29.8 Å². The maximum atomic E-state index is 5.71. The molecule has 0 fully saturated rings. The van der Waals surface area contributed by atoms with Gasteiger partial charge in [0.2, 0.25) is 0 Å². The van der Waals surface area contributed by atoms with Gasteiger partial charge in [0.25, 0.3) is 0 Å². The van der Waals surface area contributed by atoms with Crippen molar-refractivity contribution in [1.29, 1.82) is 0 Å². The van der Waals surface area contributed by atoms with Crippen molar-refractivity contribution in [1.82, 2.24) is 0 Å². The summed E-state index contributed by atoms with van der Waals surface area (Å²) in [5, 5.41) is 0. The molecule has 1 heterocycles. The highest BCUT2D eigenvalue weighted by Gasteiger charge is 2.18. The van der Waals surface area contributed by atoms with Crippen LogP contribution >= 0.6 is 0 Å². The zero-order valence-electron chi connectivity index (χ0n) is 8.53. The first-order chi connectivity index (χ1) is 6.90. The van der Waals surface area contributed by atoms with Crippen LogP contribution in [0.2, 0.25) is 0 Å². The van der Waals surface area contributed by atoms with Gasteiger partial charge in [-0.1, -0.05) is 31.5 Å². The average Bonchev–Trinajstić information content (AvgIpc) is 2.26. The summed E-state index contributed by atoms with van der Waals surface area (Å²) in [7, 11) is 0. The fraction of sp³-hybridized carbons (Fsp3) is 0.500. The number of hydrogen-bond donors (Lipinski definition) is 0. The first-order valence-electron chi connectivity index (χ1n) is 5.26. The Labute approximate surface area is 84.8 Å². The van der Waals surface area contributed by atoms with E-state index in [2.05, 4.69) is 6.92 Å². The minimum Gasteiger partial charge on any atom is -0.465 e. The van der Waals surface area contributed by atoms with E-state index in [4.69, 9.17) is 9.47 Å². The molecule has 0 aliphatic carbocycles. The lowest BCUT2D eigenvalue weighted by Gasteiger charge is -2.26. The summed E-state index contributed by atoms with van der Waals surface area (Å²) >= 11 is 0. The lowest BCUT2D eigenvalue weighted by Crippen LogP contribution is -2.25. The van der Waals surface area contributed by atoms with Crippen molar-refractivity contribution in [3.63, 3.8) is 0 Å². The Morgan fingerprint density at radius 3 is 3.07 bits per heavy atom. The van der Waals surface area contributed by atoms with Crippen LogP contribution in [0.15, 0.2) is 24.3 Å². The van der Waals surface area contributed by atoms with Gasteiger partial charge in [0, 0.05) is 12.0 Å². The highest BCUT2D eigenvalue weighted by Crippen LogP contribution is 2.26. The molecular formula is C12H16O2. The van der Waals surface area contributed by atoms with Gasteiger partial charge in [-0.3, -0.25) is 0 Å². The van der Waals surface area contributed by atoms with E-state index in [0.717, 1.165) is 24.2 Å². The summed E-state index contributed by atoms with van der Waals surface area (Å²) in [5.41, 5.74) is 1.15. The van der Waals surface area contributed by atoms with Gasteiger partial charge in [0.1, 0.15) is 5.75 Å². The van der Waals surface area contributed by atoms with Crippen LogP contribution in [0.1, 0.15) is 31.7 Å². The quantitative estimate of drug-likeness (QED) is 0.732. The molecule has 0 saturated heterocycles. The number of hydrogen-bond acceptors (Lipinski definition) is 2. The molecule has 1 aromatic carbocycles. The van der Waals surface area contributed by atoms with E-state index in [9.17, 15) is 0 Å². The summed E-state index contributed by atoms with van der Waals surface area (Å²) in [5.74, 6) is 0.986. The van der Waals surface area contributed by atoms with E-state index in [1.165, 1.54) is 6.42 Å². The van der Waals surface area contributed by atoms with Crippen molar-refractivity contribution < 1.29 is 9.47 Å². The molecule has 2 heteroatoms. The van der Waals surface area contributed by atoms with Gasteiger partial charge in [-0.05, 0) is 12.5 Å². The predicted octanol–water partition coefficient (Wildman–Crippen LogP) is 3.11. The molecule has 0 amide bonds. The molecule has 1 aromatic rings. The monoisotopic (exact) mass is 192 g/mol. The number of benzene rings is 1. The Bertz CT molecular complexity index is 296. The molecule has 14 heavy (non-hydrogen) atoms. The molecule has 1 aliphatic rings. The van der Waals surface area contributed by atoms with Crippen molar-refractivity contribution in [2.45, 2.75) is 39.1 Å². The second kappa shape index (κ2) is 4.47. The van der Waals surface area contributed by atoms with E-state index < -0.39 is 0 Å². The number of para-hydroxylation sites is 1. The third-order valence-corrected chi connectivity index (χ3v) is 2.45. The van der Waals surface area contributed by atoms with Crippen molar-refractivity contribution in [2.75, 3.05) is 0 Å². The van der Waals surface area contributed by atoms with Gasteiger partial charge in [0.05, 0.1) is 6.61 Å². The summed E-state index contributed by atoms with van der Waals surface area (Å²) in [6.07, 6.45) is 3.30. The van der Waals surface area contributed by atoms with Gasteiger partial charge < -0.3 is 9.47 Å². The zero-order valence-corrected chi connectivity index (χ0v) is 8.53. The van der Waals surface area contributed by atoms with Crippen molar-refractivity contribution >= 4 is 0 Å². The molecule has 76 valence electrons. The first kappa shape index (κ1) is 9.53. The molecule has 2 nitrogen and oxygen atoms in total. The number of ether oxygens (including phenoxy) is 2. The second-order valence-corrected chi connectivity index (χ2v) is 3.61. The Morgan fingerprint density at radius 2 is 2.21 bits per heavy atom. The molecular weight excluding hydrogens is 176 g/mol. The Hall–Kier alpha value is -1.02. The smallest absolute Gasteiger partial charge is 0.200 e. The van der Waals surface area contributed by atoms with Crippen molar-refractivity contribution in [3.8, 4) is 5.75 Å². The fourth-order valence-electron chi connectivity index (χ4n) is 1.61. The molecule has 0 radical (unpaired) electrons. The maximum absolute atomic E-state index is 5.71. The minimum absolute atomic E-state index is 0.0372. The van der Waals surface area contributed by atoms with Crippen molar-refractivity contribution in [2.24, 2.45) is 0 Å². The second-order valence-electron chi connectivity index (χ2n) is 3.61. The predicted molar refractivity (Wildman–Crippen MR) is 55.2 cm³/mol. The largest absolute Gasteiger partial charge is 0.465 e. The molecule has 0 N–H and O–H groups in total. The maximum Gasteiger partial charge on any atom is 0.200 e. The summed E-state index contributed by atoms with van der Waals surface area (Å²) in [6, 6.07) is 8.07. The fourth-order valence-corrected chi connectivity index (χ4v) is 1.61. The third kappa shape index (κ3) is 2.07. The van der Waals surface area contributed by atoms with Gasteiger partial charge >= 0.3 is 0 Å². The number of rotatable bonds is 3. The zero-order chi connectivity index (χ0) is 9.80. The molecule has 1 atom stereocenters. The van der Waals surface area contributed by atoms with Crippen LogP contribution in [0.4, 0.5) is 0 Å².